The second-order valence-corrected chi connectivity index (χ2v) is 7.89. The Hall–Kier alpha value is -2.25. The number of piperazine rings is 1. The molecule has 0 unspecified atom stereocenters. The fraction of sp³-hybridized carbons (Fsp3) is 0.235. The molecule has 2 aromatic carbocycles. The summed E-state index contributed by atoms with van der Waals surface area (Å²) in [5, 5.41) is 3.11. The zero-order valence-corrected chi connectivity index (χ0v) is 15.2. The van der Waals surface area contributed by atoms with Crippen LogP contribution < -0.4 is 14.9 Å². The van der Waals surface area contributed by atoms with E-state index in [2.05, 4.69) is 10.0 Å². The second-order valence-electron chi connectivity index (χ2n) is 5.80. The van der Waals surface area contributed by atoms with Gasteiger partial charge in [0, 0.05) is 18.1 Å². The summed E-state index contributed by atoms with van der Waals surface area (Å²) in [6.07, 6.45) is 0. The van der Waals surface area contributed by atoms with E-state index in [0.29, 0.717) is 35.1 Å². The Balaban J connectivity index is 1.95. The lowest BCUT2D eigenvalue weighted by atomic mass is 10.2. The van der Waals surface area contributed by atoms with Gasteiger partial charge in [0.2, 0.25) is 5.91 Å². The van der Waals surface area contributed by atoms with E-state index < -0.39 is 10.0 Å². The molecule has 2 N–H and O–H groups in total. The molecule has 8 heteroatoms. The first-order valence-corrected chi connectivity index (χ1v) is 9.62. The maximum absolute atomic E-state index is 12.8. The van der Waals surface area contributed by atoms with Gasteiger partial charge >= 0.3 is 0 Å². The van der Waals surface area contributed by atoms with E-state index >= 15 is 0 Å². The first-order chi connectivity index (χ1) is 11.9. The number of nitrogens with one attached hydrogen (secondary N) is 2. The molecule has 3 rings (SSSR count). The van der Waals surface area contributed by atoms with Crippen molar-refractivity contribution < 1.29 is 13.2 Å². The van der Waals surface area contributed by atoms with Crippen LogP contribution in [0.1, 0.15) is 5.56 Å². The number of benzene rings is 2. The van der Waals surface area contributed by atoms with Crippen LogP contribution in [-0.2, 0) is 14.8 Å². The van der Waals surface area contributed by atoms with Gasteiger partial charge in [-0.15, -0.1) is 0 Å². The number of amides is 1. The van der Waals surface area contributed by atoms with Crippen molar-refractivity contribution in [2.45, 2.75) is 11.8 Å². The summed E-state index contributed by atoms with van der Waals surface area (Å²) >= 11 is 5.95. The van der Waals surface area contributed by atoms with Crippen molar-refractivity contribution in [3.8, 4) is 0 Å². The van der Waals surface area contributed by atoms with Crippen LogP contribution in [0, 0.1) is 6.92 Å². The molecule has 0 aromatic heterocycles. The first kappa shape index (κ1) is 17.6. The third-order valence-corrected chi connectivity index (χ3v) is 5.71. The van der Waals surface area contributed by atoms with Crippen molar-refractivity contribution in [3.05, 3.63) is 53.1 Å². The largest absolute Gasteiger partial charge is 0.359 e. The zero-order chi connectivity index (χ0) is 18.0. The van der Waals surface area contributed by atoms with Crippen LogP contribution in [0.4, 0.5) is 11.4 Å². The molecule has 0 aliphatic carbocycles. The lowest BCUT2D eigenvalue weighted by molar-refractivity contribution is -0.120. The van der Waals surface area contributed by atoms with Gasteiger partial charge in [0.05, 0.1) is 22.8 Å². The third kappa shape index (κ3) is 3.88. The maximum atomic E-state index is 12.8. The van der Waals surface area contributed by atoms with E-state index in [1.165, 1.54) is 6.07 Å². The van der Waals surface area contributed by atoms with E-state index in [4.69, 9.17) is 11.6 Å². The Bertz CT molecular complexity index is 915. The monoisotopic (exact) mass is 379 g/mol. The normalized spacial score (nSPS) is 15.0. The minimum atomic E-state index is -3.80. The van der Waals surface area contributed by atoms with E-state index in [1.54, 1.807) is 37.3 Å². The van der Waals surface area contributed by atoms with Crippen LogP contribution >= 0.6 is 11.6 Å². The Kier molecular flexibility index (Phi) is 4.87. The fourth-order valence-corrected chi connectivity index (χ4v) is 4.33. The molecular weight excluding hydrogens is 362 g/mol. The van der Waals surface area contributed by atoms with Gasteiger partial charge in [-0.3, -0.25) is 9.52 Å². The number of carbonyl (C=O) groups excluding carboxylic acids is 1. The number of sulfonamides is 1. The Morgan fingerprint density at radius 1 is 1.20 bits per heavy atom. The Labute approximate surface area is 151 Å². The van der Waals surface area contributed by atoms with Gasteiger partial charge in [0.15, 0.2) is 0 Å². The predicted octanol–water partition coefficient (Wildman–Crippen LogP) is 2.39. The molecule has 2 aromatic rings. The molecule has 1 aliphatic heterocycles. The molecule has 6 nitrogen and oxygen atoms in total. The van der Waals surface area contributed by atoms with E-state index in [9.17, 15) is 13.2 Å². The summed E-state index contributed by atoms with van der Waals surface area (Å²) in [6, 6.07) is 11.8. The van der Waals surface area contributed by atoms with Gasteiger partial charge < -0.3 is 10.2 Å². The standard InChI is InChI=1S/C17H18ClN3O3S/c1-12-6-7-13(18)10-16(12)25(23,24)20-14-4-2-3-5-15(14)21-9-8-19-17(22)11-21/h2-7,10,20H,8-9,11H2,1H3,(H,19,22). The summed E-state index contributed by atoms with van der Waals surface area (Å²) in [5.74, 6) is -0.0883. The summed E-state index contributed by atoms with van der Waals surface area (Å²) in [7, 11) is -3.80. The lowest BCUT2D eigenvalue weighted by Gasteiger charge is -2.30. The van der Waals surface area contributed by atoms with Crippen molar-refractivity contribution in [2.24, 2.45) is 0 Å². The molecule has 0 radical (unpaired) electrons. The van der Waals surface area contributed by atoms with Gasteiger partial charge in [-0.2, -0.15) is 0 Å². The summed E-state index contributed by atoms with van der Waals surface area (Å²) in [5.41, 5.74) is 1.70. The number of para-hydroxylation sites is 2. The van der Waals surface area contributed by atoms with Crippen molar-refractivity contribution in [3.63, 3.8) is 0 Å². The van der Waals surface area contributed by atoms with E-state index in [1.807, 2.05) is 11.0 Å². The number of nitrogens with zero attached hydrogens (tertiary/aromatic N) is 1. The van der Waals surface area contributed by atoms with Crippen molar-refractivity contribution >= 4 is 38.9 Å². The molecule has 132 valence electrons. The third-order valence-electron chi connectivity index (χ3n) is 3.97. The van der Waals surface area contributed by atoms with Crippen molar-refractivity contribution in [1.82, 2.24) is 5.32 Å². The van der Waals surface area contributed by atoms with E-state index in [0.717, 1.165) is 0 Å². The van der Waals surface area contributed by atoms with Crippen LogP contribution in [0.5, 0.6) is 0 Å². The van der Waals surface area contributed by atoms with Crippen LogP contribution in [0.25, 0.3) is 0 Å². The number of halogens is 1. The number of aryl methyl sites for hydroxylation is 1. The SMILES string of the molecule is Cc1ccc(Cl)cc1S(=O)(=O)Nc1ccccc1N1CCNC(=O)C1. The summed E-state index contributed by atoms with van der Waals surface area (Å²) in [4.78, 5) is 13.6. The average Bonchev–Trinajstić information content (AvgIpc) is 2.57. The molecule has 25 heavy (non-hydrogen) atoms. The highest BCUT2D eigenvalue weighted by atomic mass is 35.5. The lowest BCUT2D eigenvalue weighted by Crippen LogP contribution is -2.47. The van der Waals surface area contributed by atoms with Crippen LogP contribution in [0.2, 0.25) is 5.02 Å². The molecule has 1 fully saturated rings. The number of hydrogen-bond acceptors (Lipinski definition) is 4. The van der Waals surface area contributed by atoms with Gasteiger partial charge in [-0.05, 0) is 36.8 Å². The quantitative estimate of drug-likeness (QED) is 0.854. The molecule has 1 aliphatic rings. The van der Waals surface area contributed by atoms with Gasteiger partial charge in [0.1, 0.15) is 0 Å². The topological polar surface area (TPSA) is 78.5 Å². The molecule has 1 heterocycles. The van der Waals surface area contributed by atoms with Crippen LogP contribution in [0.15, 0.2) is 47.4 Å². The van der Waals surface area contributed by atoms with Crippen molar-refractivity contribution in [2.75, 3.05) is 29.3 Å². The van der Waals surface area contributed by atoms with Crippen LogP contribution in [-0.4, -0.2) is 34.0 Å². The highest BCUT2D eigenvalue weighted by Gasteiger charge is 2.23. The Morgan fingerprint density at radius 2 is 1.96 bits per heavy atom. The highest BCUT2D eigenvalue weighted by Crippen LogP contribution is 2.29. The summed E-state index contributed by atoms with van der Waals surface area (Å²) in [6.45, 7) is 3.04. The number of rotatable bonds is 4. The zero-order valence-electron chi connectivity index (χ0n) is 13.6. The van der Waals surface area contributed by atoms with Crippen LogP contribution in [0.3, 0.4) is 0 Å². The fourth-order valence-electron chi connectivity index (χ4n) is 2.74. The van der Waals surface area contributed by atoms with Crippen molar-refractivity contribution in [1.29, 1.82) is 0 Å². The number of hydrogen-bond donors (Lipinski definition) is 2. The molecule has 1 amide bonds. The molecule has 1 saturated heterocycles. The first-order valence-electron chi connectivity index (χ1n) is 7.76. The second kappa shape index (κ2) is 6.93. The predicted molar refractivity (Wildman–Crippen MR) is 98.7 cm³/mol. The maximum Gasteiger partial charge on any atom is 0.262 e. The highest BCUT2D eigenvalue weighted by molar-refractivity contribution is 7.92. The molecule has 0 bridgehead atoms. The van der Waals surface area contributed by atoms with Gasteiger partial charge in [-0.1, -0.05) is 29.8 Å². The molecule has 0 saturated carbocycles. The minimum absolute atomic E-state index is 0.0883. The number of carbonyl (C=O) groups is 1. The summed E-state index contributed by atoms with van der Waals surface area (Å²) < 4.78 is 28.2. The molecular formula is C17H18ClN3O3S. The average molecular weight is 380 g/mol. The Morgan fingerprint density at radius 3 is 2.72 bits per heavy atom. The van der Waals surface area contributed by atoms with E-state index in [-0.39, 0.29) is 17.3 Å². The van der Waals surface area contributed by atoms with Gasteiger partial charge in [0.25, 0.3) is 10.0 Å². The molecule has 0 atom stereocenters. The molecule has 0 spiro atoms. The number of anilines is 2. The minimum Gasteiger partial charge on any atom is -0.359 e. The van der Waals surface area contributed by atoms with Gasteiger partial charge in [-0.25, -0.2) is 8.42 Å². The smallest absolute Gasteiger partial charge is 0.262 e.